The first-order valence-electron chi connectivity index (χ1n) is 4.93. The summed E-state index contributed by atoms with van der Waals surface area (Å²) in [6.45, 7) is 0.331. The summed E-state index contributed by atoms with van der Waals surface area (Å²) in [5.74, 6) is 5.90. The van der Waals surface area contributed by atoms with Crippen molar-refractivity contribution in [2.75, 3.05) is 5.43 Å². The van der Waals surface area contributed by atoms with Crippen molar-refractivity contribution in [2.24, 2.45) is 5.84 Å². The summed E-state index contributed by atoms with van der Waals surface area (Å²) in [4.78, 5) is 8.07. The molecular formula is C11H11ClN4O. The summed E-state index contributed by atoms with van der Waals surface area (Å²) >= 11 is 5.79. The van der Waals surface area contributed by atoms with E-state index in [9.17, 15) is 0 Å². The molecule has 0 saturated heterocycles. The summed E-state index contributed by atoms with van der Waals surface area (Å²) in [5.41, 5.74) is 4.09. The number of pyridine rings is 2. The second-order valence-electron chi connectivity index (χ2n) is 3.31. The van der Waals surface area contributed by atoms with Gasteiger partial charge in [0.05, 0.1) is 22.6 Å². The number of hydrogen-bond acceptors (Lipinski definition) is 5. The molecule has 6 heteroatoms. The second-order valence-corrected chi connectivity index (χ2v) is 3.74. The molecule has 0 aliphatic heterocycles. The van der Waals surface area contributed by atoms with Crippen molar-refractivity contribution in [3.05, 3.63) is 47.5 Å². The molecule has 0 radical (unpaired) electrons. The van der Waals surface area contributed by atoms with Crippen molar-refractivity contribution in [3.63, 3.8) is 0 Å². The molecule has 0 aliphatic carbocycles. The second kappa shape index (κ2) is 5.47. The minimum absolute atomic E-state index is 0.331. The fraction of sp³-hybridized carbons (Fsp3) is 0.0909. The normalized spacial score (nSPS) is 10.0. The molecule has 5 nitrogen and oxygen atoms in total. The summed E-state index contributed by atoms with van der Waals surface area (Å²) in [7, 11) is 0. The molecule has 0 atom stereocenters. The Morgan fingerprint density at radius 1 is 1.35 bits per heavy atom. The van der Waals surface area contributed by atoms with Crippen molar-refractivity contribution in [1.29, 1.82) is 0 Å². The van der Waals surface area contributed by atoms with Gasteiger partial charge in [-0.15, -0.1) is 0 Å². The average Bonchev–Trinajstić information content (AvgIpc) is 2.37. The third kappa shape index (κ3) is 3.30. The predicted molar refractivity (Wildman–Crippen MR) is 65.6 cm³/mol. The van der Waals surface area contributed by atoms with Crippen LogP contribution in [0.4, 0.5) is 5.69 Å². The van der Waals surface area contributed by atoms with E-state index in [-0.39, 0.29) is 0 Å². The molecule has 0 spiro atoms. The smallest absolute Gasteiger partial charge is 0.139 e. The quantitative estimate of drug-likeness (QED) is 0.641. The minimum atomic E-state index is 0.331. The third-order valence-electron chi connectivity index (χ3n) is 2.05. The standard InChI is InChI=1S/C11H11ClN4O/c12-8-3-11(6-14-5-8)17-7-10-4-9(16-13)1-2-15-10/h1-6H,7,13H2,(H,15,16). The monoisotopic (exact) mass is 250 g/mol. The van der Waals surface area contributed by atoms with E-state index in [1.165, 1.54) is 0 Å². The van der Waals surface area contributed by atoms with Crippen LogP contribution >= 0.6 is 11.6 Å². The molecular weight excluding hydrogens is 240 g/mol. The third-order valence-corrected chi connectivity index (χ3v) is 2.26. The Balaban J connectivity index is 2.02. The summed E-state index contributed by atoms with van der Waals surface area (Å²) in [6.07, 6.45) is 4.80. The number of halogens is 1. The van der Waals surface area contributed by atoms with Crippen LogP contribution in [-0.2, 0) is 6.61 Å². The minimum Gasteiger partial charge on any atom is -0.486 e. The Labute approximate surface area is 104 Å². The van der Waals surface area contributed by atoms with Gasteiger partial charge in [-0.3, -0.25) is 15.8 Å². The maximum Gasteiger partial charge on any atom is 0.139 e. The number of rotatable bonds is 4. The van der Waals surface area contributed by atoms with E-state index in [4.69, 9.17) is 22.2 Å². The molecule has 88 valence electrons. The zero-order chi connectivity index (χ0) is 12.1. The zero-order valence-electron chi connectivity index (χ0n) is 8.93. The van der Waals surface area contributed by atoms with E-state index in [0.29, 0.717) is 17.4 Å². The van der Waals surface area contributed by atoms with E-state index < -0.39 is 0 Å². The van der Waals surface area contributed by atoms with Crippen molar-refractivity contribution in [1.82, 2.24) is 9.97 Å². The fourth-order valence-electron chi connectivity index (χ4n) is 1.28. The highest BCUT2D eigenvalue weighted by Crippen LogP contribution is 2.16. The number of nitrogens with two attached hydrogens (primary N) is 1. The van der Waals surface area contributed by atoms with Crippen LogP contribution < -0.4 is 16.0 Å². The Morgan fingerprint density at radius 3 is 3.00 bits per heavy atom. The first kappa shape index (κ1) is 11.6. The predicted octanol–water partition coefficient (Wildman–Crippen LogP) is 1.99. The maximum atomic E-state index is 5.79. The molecule has 0 aliphatic rings. The fourth-order valence-corrected chi connectivity index (χ4v) is 1.44. The number of anilines is 1. The summed E-state index contributed by atoms with van der Waals surface area (Å²) < 4.78 is 5.49. The average molecular weight is 251 g/mol. The Kier molecular flexibility index (Phi) is 3.74. The SMILES string of the molecule is NNc1ccnc(COc2cncc(Cl)c2)c1. The molecule has 0 unspecified atom stereocenters. The van der Waals surface area contributed by atoms with Crippen LogP contribution in [0.1, 0.15) is 5.69 Å². The molecule has 0 saturated carbocycles. The van der Waals surface area contributed by atoms with Gasteiger partial charge in [0, 0.05) is 18.5 Å². The highest BCUT2D eigenvalue weighted by Gasteiger charge is 1.99. The molecule has 2 heterocycles. The van der Waals surface area contributed by atoms with E-state index >= 15 is 0 Å². The molecule has 17 heavy (non-hydrogen) atoms. The van der Waals surface area contributed by atoms with Gasteiger partial charge in [-0.05, 0) is 12.1 Å². The van der Waals surface area contributed by atoms with Gasteiger partial charge >= 0.3 is 0 Å². The summed E-state index contributed by atoms with van der Waals surface area (Å²) in [6, 6.07) is 5.27. The van der Waals surface area contributed by atoms with Crippen molar-refractivity contribution < 1.29 is 4.74 Å². The molecule has 3 N–H and O–H groups in total. The molecule has 2 rings (SSSR count). The Hall–Kier alpha value is -1.85. The molecule has 2 aromatic heterocycles. The topological polar surface area (TPSA) is 73.1 Å². The maximum absolute atomic E-state index is 5.79. The van der Waals surface area contributed by atoms with Crippen LogP contribution in [0, 0.1) is 0 Å². The number of hydrazine groups is 1. The lowest BCUT2D eigenvalue weighted by atomic mass is 10.3. The van der Waals surface area contributed by atoms with Gasteiger partial charge in [-0.25, -0.2) is 0 Å². The van der Waals surface area contributed by atoms with E-state index in [2.05, 4.69) is 15.4 Å². The number of aromatic nitrogens is 2. The van der Waals surface area contributed by atoms with Crippen molar-refractivity contribution in [2.45, 2.75) is 6.61 Å². The Bertz CT molecular complexity index is 506. The number of nitrogens with zero attached hydrogens (tertiary/aromatic N) is 2. The van der Waals surface area contributed by atoms with E-state index in [1.54, 1.807) is 36.8 Å². The highest BCUT2D eigenvalue weighted by atomic mass is 35.5. The van der Waals surface area contributed by atoms with Gasteiger partial charge < -0.3 is 10.2 Å². The zero-order valence-corrected chi connectivity index (χ0v) is 9.69. The highest BCUT2D eigenvalue weighted by molar-refractivity contribution is 6.30. The van der Waals surface area contributed by atoms with Crippen LogP contribution in [0.15, 0.2) is 36.8 Å². The van der Waals surface area contributed by atoms with E-state index in [0.717, 1.165) is 11.4 Å². The number of hydrogen-bond donors (Lipinski definition) is 2. The van der Waals surface area contributed by atoms with Crippen LogP contribution in [0.3, 0.4) is 0 Å². The van der Waals surface area contributed by atoms with Gasteiger partial charge in [0.1, 0.15) is 12.4 Å². The molecule has 0 fully saturated rings. The molecule has 0 amide bonds. The van der Waals surface area contributed by atoms with Crippen molar-refractivity contribution in [3.8, 4) is 5.75 Å². The van der Waals surface area contributed by atoms with Gasteiger partial charge in [-0.1, -0.05) is 11.6 Å². The van der Waals surface area contributed by atoms with Gasteiger partial charge in [-0.2, -0.15) is 0 Å². The van der Waals surface area contributed by atoms with Crippen molar-refractivity contribution >= 4 is 17.3 Å². The van der Waals surface area contributed by atoms with Gasteiger partial charge in [0.25, 0.3) is 0 Å². The first-order valence-corrected chi connectivity index (χ1v) is 5.30. The first-order chi connectivity index (χ1) is 8.28. The van der Waals surface area contributed by atoms with Crippen LogP contribution in [0.5, 0.6) is 5.75 Å². The number of ether oxygens (including phenoxy) is 1. The largest absolute Gasteiger partial charge is 0.486 e. The molecule has 0 aromatic carbocycles. The lowest BCUT2D eigenvalue weighted by Crippen LogP contribution is -2.08. The Morgan fingerprint density at radius 2 is 2.24 bits per heavy atom. The summed E-state index contributed by atoms with van der Waals surface area (Å²) in [5, 5.41) is 0.535. The lowest BCUT2D eigenvalue weighted by Gasteiger charge is -2.06. The number of nitrogen functional groups attached to an aromatic ring is 1. The van der Waals surface area contributed by atoms with Gasteiger partial charge in [0.15, 0.2) is 0 Å². The number of nitrogens with one attached hydrogen (secondary N) is 1. The van der Waals surface area contributed by atoms with Crippen LogP contribution in [0.25, 0.3) is 0 Å². The van der Waals surface area contributed by atoms with E-state index in [1.807, 2.05) is 0 Å². The lowest BCUT2D eigenvalue weighted by molar-refractivity contribution is 0.300. The van der Waals surface area contributed by atoms with Crippen LogP contribution in [0.2, 0.25) is 5.02 Å². The van der Waals surface area contributed by atoms with Crippen LogP contribution in [-0.4, -0.2) is 9.97 Å². The molecule has 0 bridgehead atoms. The van der Waals surface area contributed by atoms with Gasteiger partial charge in [0.2, 0.25) is 0 Å². The molecule has 2 aromatic rings.